The van der Waals surface area contributed by atoms with Crippen LogP contribution in [0.25, 0.3) is 0 Å². The molecule has 0 bridgehead atoms. The maximum Gasteiger partial charge on any atom is 0.133 e. The molecule has 112 valence electrons. The van der Waals surface area contributed by atoms with E-state index in [-0.39, 0.29) is 0 Å². The molecule has 2 aromatic heterocycles. The maximum atomic E-state index is 4.66. The van der Waals surface area contributed by atoms with Gasteiger partial charge in [-0.25, -0.2) is 15.0 Å². The van der Waals surface area contributed by atoms with Crippen molar-refractivity contribution in [2.24, 2.45) is 0 Å². The highest BCUT2D eigenvalue weighted by molar-refractivity contribution is 7.99. The van der Waals surface area contributed by atoms with E-state index in [1.165, 1.54) is 5.56 Å². The fraction of sp³-hybridized carbons (Fsp3) is 0.438. The van der Waals surface area contributed by atoms with Gasteiger partial charge in [0.15, 0.2) is 0 Å². The van der Waals surface area contributed by atoms with Crippen LogP contribution >= 0.6 is 11.8 Å². The number of aromatic nitrogens is 3. The average Bonchev–Trinajstić information content (AvgIpc) is 2.42. The van der Waals surface area contributed by atoms with Gasteiger partial charge in [-0.3, -0.25) is 0 Å². The molecule has 0 aliphatic rings. The number of hydrogen-bond acceptors (Lipinski definition) is 5. The van der Waals surface area contributed by atoms with Crippen LogP contribution in [0, 0.1) is 20.8 Å². The number of nitrogens with zero attached hydrogens (tertiary/aromatic N) is 3. The highest BCUT2D eigenvalue weighted by Gasteiger charge is 2.12. The smallest absolute Gasteiger partial charge is 0.133 e. The van der Waals surface area contributed by atoms with Gasteiger partial charge in [0, 0.05) is 24.2 Å². The highest BCUT2D eigenvalue weighted by atomic mass is 32.2. The topological polar surface area (TPSA) is 50.7 Å². The van der Waals surface area contributed by atoms with Crippen molar-refractivity contribution in [3.05, 3.63) is 34.8 Å². The van der Waals surface area contributed by atoms with E-state index in [0.717, 1.165) is 45.9 Å². The Morgan fingerprint density at radius 1 is 1.05 bits per heavy atom. The van der Waals surface area contributed by atoms with Crippen molar-refractivity contribution in [2.75, 3.05) is 11.9 Å². The molecule has 0 saturated carbocycles. The van der Waals surface area contributed by atoms with Crippen molar-refractivity contribution < 1.29 is 0 Å². The Balaban J connectivity index is 2.40. The minimum Gasteiger partial charge on any atom is -0.370 e. The third kappa shape index (κ3) is 3.94. The van der Waals surface area contributed by atoms with E-state index in [1.54, 1.807) is 11.8 Å². The van der Waals surface area contributed by atoms with Crippen molar-refractivity contribution in [1.29, 1.82) is 0 Å². The van der Waals surface area contributed by atoms with E-state index in [0.29, 0.717) is 0 Å². The lowest BCUT2D eigenvalue weighted by molar-refractivity contribution is 0.868. The summed E-state index contributed by atoms with van der Waals surface area (Å²) in [5, 5.41) is 5.28. The molecule has 4 nitrogen and oxygen atoms in total. The number of aryl methyl sites for hydroxylation is 3. The van der Waals surface area contributed by atoms with Crippen molar-refractivity contribution in [1.82, 2.24) is 15.0 Å². The quantitative estimate of drug-likeness (QED) is 0.848. The summed E-state index contributed by atoms with van der Waals surface area (Å²) >= 11 is 1.61. The zero-order valence-electron chi connectivity index (χ0n) is 13.3. The van der Waals surface area contributed by atoms with Crippen LogP contribution in [0.1, 0.15) is 36.5 Å². The molecule has 0 aliphatic heterocycles. The van der Waals surface area contributed by atoms with Crippen LogP contribution in [-0.4, -0.2) is 21.5 Å². The molecule has 0 aliphatic carbocycles. The van der Waals surface area contributed by atoms with Gasteiger partial charge >= 0.3 is 0 Å². The van der Waals surface area contributed by atoms with Crippen LogP contribution in [0.15, 0.2) is 22.2 Å². The lowest BCUT2D eigenvalue weighted by Gasteiger charge is -2.12. The Bertz CT molecular complexity index is 620. The van der Waals surface area contributed by atoms with E-state index in [9.17, 15) is 0 Å². The summed E-state index contributed by atoms with van der Waals surface area (Å²) < 4.78 is 0. The third-order valence-electron chi connectivity index (χ3n) is 3.08. The molecule has 0 spiro atoms. The van der Waals surface area contributed by atoms with Gasteiger partial charge in [-0.2, -0.15) is 0 Å². The lowest BCUT2D eigenvalue weighted by atomic mass is 10.3. The van der Waals surface area contributed by atoms with Crippen LogP contribution in [0.4, 0.5) is 5.82 Å². The minimum atomic E-state index is 0.826. The summed E-state index contributed by atoms with van der Waals surface area (Å²) in [6.45, 7) is 11.2. The Kier molecular flexibility index (Phi) is 5.17. The standard InChI is InChI=1S/C16H22N4S/c1-6-13-19-15(17-7-2)12(5)16(20-13)21-14-9-10(3)8-11(4)18-14/h8-9H,6-7H2,1-5H3,(H,17,19,20). The molecule has 21 heavy (non-hydrogen) atoms. The van der Waals surface area contributed by atoms with Crippen LogP contribution < -0.4 is 5.32 Å². The first-order valence-electron chi connectivity index (χ1n) is 7.28. The normalized spacial score (nSPS) is 10.7. The van der Waals surface area contributed by atoms with Gasteiger partial charge in [0.05, 0.1) is 0 Å². The summed E-state index contributed by atoms with van der Waals surface area (Å²) in [5.41, 5.74) is 3.34. The first kappa shape index (κ1) is 15.8. The van der Waals surface area contributed by atoms with Crippen LogP contribution in [0.2, 0.25) is 0 Å². The largest absolute Gasteiger partial charge is 0.370 e. The molecule has 0 atom stereocenters. The van der Waals surface area contributed by atoms with E-state index in [4.69, 9.17) is 0 Å². The molecule has 0 fully saturated rings. The Labute approximate surface area is 130 Å². The molecule has 0 radical (unpaired) electrons. The predicted molar refractivity (Wildman–Crippen MR) is 88.1 cm³/mol. The molecular weight excluding hydrogens is 280 g/mol. The van der Waals surface area contributed by atoms with E-state index >= 15 is 0 Å². The maximum absolute atomic E-state index is 4.66. The number of nitrogens with one attached hydrogen (secondary N) is 1. The second-order valence-corrected chi connectivity index (χ2v) is 6.04. The summed E-state index contributed by atoms with van der Waals surface area (Å²) in [6.07, 6.45) is 0.826. The molecule has 2 heterocycles. The van der Waals surface area contributed by atoms with Gasteiger partial charge in [-0.05, 0) is 57.2 Å². The van der Waals surface area contributed by atoms with E-state index in [2.05, 4.69) is 60.1 Å². The molecule has 0 saturated heterocycles. The summed E-state index contributed by atoms with van der Waals surface area (Å²) in [4.78, 5) is 13.8. The van der Waals surface area contributed by atoms with Crippen LogP contribution in [-0.2, 0) is 6.42 Å². The highest BCUT2D eigenvalue weighted by Crippen LogP contribution is 2.31. The van der Waals surface area contributed by atoms with Crippen LogP contribution in [0.3, 0.4) is 0 Å². The molecule has 1 N–H and O–H groups in total. The third-order valence-corrected chi connectivity index (χ3v) is 4.09. The van der Waals surface area contributed by atoms with Gasteiger partial charge in [0.2, 0.25) is 0 Å². The second-order valence-electron chi connectivity index (χ2n) is 5.03. The van der Waals surface area contributed by atoms with Gasteiger partial charge in [0.25, 0.3) is 0 Å². The molecule has 5 heteroatoms. The fourth-order valence-corrected chi connectivity index (χ4v) is 3.13. The zero-order valence-corrected chi connectivity index (χ0v) is 14.1. The first-order chi connectivity index (χ1) is 10.0. The van der Waals surface area contributed by atoms with Crippen molar-refractivity contribution >= 4 is 17.6 Å². The minimum absolute atomic E-state index is 0.826. The summed E-state index contributed by atoms with van der Waals surface area (Å²) in [6, 6.07) is 4.18. The van der Waals surface area contributed by atoms with Gasteiger partial charge in [-0.1, -0.05) is 6.92 Å². The number of rotatable bonds is 5. The van der Waals surface area contributed by atoms with Crippen LogP contribution in [0.5, 0.6) is 0 Å². The van der Waals surface area contributed by atoms with Crippen molar-refractivity contribution in [3.8, 4) is 0 Å². The molecule has 0 unspecified atom stereocenters. The van der Waals surface area contributed by atoms with Gasteiger partial charge < -0.3 is 5.32 Å². The monoisotopic (exact) mass is 302 g/mol. The number of hydrogen-bond donors (Lipinski definition) is 1. The molecular formula is C16H22N4S. The predicted octanol–water partition coefficient (Wildman–Crippen LogP) is 3.94. The number of pyridine rings is 1. The molecule has 0 aromatic carbocycles. The molecule has 2 aromatic rings. The van der Waals surface area contributed by atoms with E-state index in [1.807, 2.05) is 6.92 Å². The van der Waals surface area contributed by atoms with E-state index < -0.39 is 0 Å². The fourth-order valence-electron chi connectivity index (χ4n) is 2.09. The SMILES string of the molecule is CCNc1nc(CC)nc(Sc2cc(C)cc(C)n2)c1C. The van der Waals surface area contributed by atoms with Crippen molar-refractivity contribution in [3.63, 3.8) is 0 Å². The summed E-state index contributed by atoms with van der Waals surface area (Å²) in [7, 11) is 0. The lowest BCUT2D eigenvalue weighted by Crippen LogP contribution is -2.07. The van der Waals surface area contributed by atoms with Gasteiger partial charge in [0.1, 0.15) is 21.7 Å². The van der Waals surface area contributed by atoms with Gasteiger partial charge in [-0.15, -0.1) is 0 Å². The Morgan fingerprint density at radius 2 is 1.81 bits per heavy atom. The molecule has 0 amide bonds. The summed E-state index contributed by atoms with van der Waals surface area (Å²) in [5.74, 6) is 1.79. The van der Waals surface area contributed by atoms with Crippen molar-refractivity contribution in [2.45, 2.75) is 51.1 Å². The zero-order chi connectivity index (χ0) is 15.4. The number of anilines is 1. The molecule has 2 rings (SSSR count). The average molecular weight is 302 g/mol. The second kappa shape index (κ2) is 6.89. The Hall–Kier alpha value is -1.62. The first-order valence-corrected chi connectivity index (χ1v) is 8.09. The Morgan fingerprint density at radius 3 is 2.43 bits per heavy atom.